The zero-order valence-electron chi connectivity index (χ0n) is 17.3. The summed E-state index contributed by atoms with van der Waals surface area (Å²) in [6.07, 6.45) is 1.82. The molecule has 158 valence electrons. The second-order valence-corrected chi connectivity index (χ2v) is 8.64. The van der Waals surface area contributed by atoms with E-state index in [-0.39, 0.29) is 5.91 Å². The monoisotopic (exact) mass is 451 g/mol. The van der Waals surface area contributed by atoms with Crippen molar-refractivity contribution >= 4 is 34.7 Å². The van der Waals surface area contributed by atoms with Crippen molar-refractivity contribution in [2.24, 2.45) is 0 Å². The van der Waals surface area contributed by atoms with Crippen LogP contribution in [0, 0.1) is 13.8 Å². The van der Waals surface area contributed by atoms with Crippen molar-refractivity contribution in [3.8, 4) is 5.75 Å². The Morgan fingerprint density at radius 1 is 1.16 bits per heavy atom. The summed E-state index contributed by atoms with van der Waals surface area (Å²) in [6, 6.07) is 17.3. The molecule has 0 radical (unpaired) electrons. The molecular weight excluding hydrogens is 430 g/mol. The van der Waals surface area contributed by atoms with E-state index in [4.69, 9.17) is 16.3 Å². The summed E-state index contributed by atoms with van der Waals surface area (Å²) in [5.41, 5.74) is 4.23. The van der Waals surface area contributed by atoms with Gasteiger partial charge in [0.2, 0.25) is 0 Å². The van der Waals surface area contributed by atoms with Crippen molar-refractivity contribution in [1.82, 2.24) is 9.78 Å². The van der Waals surface area contributed by atoms with Crippen LogP contribution in [0.4, 0.5) is 5.82 Å². The number of thiophene rings is 1. The van der Waals surface area contributed by atoms with Crippen LogP contribution in [0.3, 0.4) is 0 Å². The molecule has 5 nitrogen and oxygen atoms in total. The Hall–Kier alpha value is -3.09. The van der Waals surface area contributed by atoms with Gasteiger partial charge in [-0.15, -0.1) is 11.3 Å². The van der Waals surface area contributed by atoms with Crippen molar-refractivity contribution in [1.29, 1.82) is 0 Å². The van der Waals surface area contributed by atoms with Crippen LogP contribution in [0.15, 0.2) is 66.2 Å². The number of carbonyl (C=O) groups excluding carboxylic acids is 1. The molecule has 2 aromatic heterocycles. The highest BCUT2D eigenvalue weighted by atomic mass is 35.5. The van der Waals surface area contributed by atoms with Crippen molar-refractivity contribution in [2.75, 3.05) is 5.32 Å². The van der Waals surface area contributed by atoms with Crippen LogP contribution in [0.5, 0.6) is 5.75 Å². The molecule has 0 aliphatic carbocycles. The number of carbonyl (C=O) groups is 1. The highest BCUT2D eigenvalue weighted by molar-refractivity contribution is 7.12. The highest BCUT2D eigenvalue weighted by Crippen LogP contribution is 2.22. The quantitative estimate of drug-likeness (QED) is 0.369. The Labute approximate surface area is 190 Å². The number of halogens is 1. The molecule has 0 bridgehead atoms. The Kier molecular flexibility index (Phi) is 6.39. The molecule has 7 heteroatoms. The van der Waals surface area contributed by atoms with Crippen LogP contribution in [-0.4, -0.2) is 15.7 Å². The lowest BCUT2D eigenvalue weighted by Crippen LogP contribution is -2.11. The van der Waals surface area contributed by atoms with E-state index in [1.165, 1.54) is 16.9 Å². The molecule has 2 aromatic carbocycles. The maximum Gasteiger partial charge on any atom is 0.266 e. The van der Waals surface area contributed by atoms with Crippen molar-refractivity contribution in [3.05, 3.63) is 98.3 Å². The molecule has 1 amide bonds. The molecule has 4 aromatic rings. The Balaban J connectivity index is 1.35. The second kappa shape index (κ2) is 9.37. The lowest BCUT2D eigenvalue weighted by molar-refractivity contribution is 0.103. The summed E-state index contributed by atoms with van der Waals surface area (Å²) in [5.74, 6) is 1.16. The molecular formula is C24H22ClN3O2S. The van der Waals surface area contributed by atoms with Crippen LogP contribution in [0.25, 0.3) is 0 Å². The molecule has 0 saturated carbocycles. The summed E-state index contributed by atoms with van der Waals surface area (Å²) >= 11 is 7.59. The third-order valence-electron chi connectivity index (χ3n) is 4.77. The van der Waals surface area contributed by atoms with Crippen LogP contribution in [0.1, 0.15) is 31.9 Å². The van der Waals surface area contributed by atoms with E-state index in [1.54, 1.807) is 10.7 Å². The van der Waals surface area contributed by atoms with Crippen LogP contribution in [0.2, 0.25) is 5.02 Å². The Morgan fingerprint density at radius 3 is 2.81 bits per heavy atom. The maximum atomic E-state index is 12.6. The number of ether oxygens (including phenoxy) is 1. The number of benzene rings is 2. The van der Waals surface area contributed by atoms with E-state index >= 15 is 0 Å². The molecule has 1 N–H and O–H groups in total. The van der Waals surface area contributed by atoms with Gasteiger partial charge in [-0.3, -0.25) is 9.48 Å². The molecule has 0 aliphatic heterocycles. The standard InChI is InChI=1S/C24H22ClN3O2S/c1-16-7-8-21(17(2)11-16)30-14-18-12-22(31-15-18)24(29)26-23-9-10-28(27-23)13-19-5-3-4-6-20(19)25/h3-12,15H,13-14H2,1-2H3,(H,26,27,29). The van der Waals surface area contributed by atoms with Gasteiger partial charge in [0.05, 0.1) is 11.4 Å². The first kappa shape index (κ1) is 21.2. The largest absolute Gasteiger partial charge is 0.489 e. The van der Waals surface area contributed by atoms with Gasteiger partial charge in [-0.1, -0.05) is 47.5 Å². The third kappa shape index (κ3) is 5.34. The first-order chi connectivity index (χ1) is 15.0. The molecule has 0 saturated heterocycles. The summed E-state index contributed by atoms with van der Waals surface area (Å²) in [7, 11) is 0. The summed E-state index contributed by atoms with van der Waals surface area (Å²) in [4.78, 5) is 13.2. The van der Waals surface area contributed by atoms with Crippen molar-refractivity contribution in [2.45, 2.75) is 27.0 Å². The van der Waals surface area contributed by atoms with E-state index in [0.29, 0.717) is 28.9 Å². The summed E-state index contributed by atoms with van der Waals surface area (Å²) < 4.78 is 7.65. The lowest BCUT2D eigenvalue weighted by atomic mass is 10.1. The van der Waals surface area contributed by atoms with E-state index in [2.05, 4.69) is 23.4 Å². The minimum absolute atomic E-state index is 0.189. The smallest absolute Gasteiger partial charge is 0.266 e. The van der Waals surface area contributed by atoms with E-state index < -0.39 is 0 Å². The minimum Gasteiger partial charge on any atom is -0.489 e. The number of anilines is 1. The maximum absolute atomic E-state index is 12.6. The van der Waals surface area contributed by atoms with E-state index in [1.807, 2.05) is 61.0 Å². The topological polar surface area (TPSA) is 56.1 Å². The van der Waals surface area contributed by atoms with Gasteiger partial charge in [0, 0.05) is 22.8 Å². The fraction of sp³-hybridized carbons (Fsp3) is 0.167. The van der Waals surface area contributed by atoms with Gasteiger partial charge >= 0.3 is 0 Å². The fourth-order valence-electron chi connectivity index (χ4n) is 3.19. The lowest BCUT2D eigenvalue weighted by Gasteiger charge is -2.08. The number of nitrogens with one attached hydrogen (secondary N) is 1. The molecule has 0 spiro atoms. The fourth-order valence-corrected chi connectivity index (χ4v) is 4.18. The average molecular weight is 452 g/mol. The van der Waals surface area contributed by atoms with Gasteiger partial charge in [0.25, 0.3) is 5.91 Å². The number of aromatic nitrogens is 2. The minimum atomic E-state index is -0.189. The first-order valence-electron chi connectivity index (χ1n) is 9.83. The van der Waals surface area contributed by atoms with Crippen LogP contribution in [-0.2, 0) is 13.2 Å². The molecule has 31 heavy (non-hydrogen) atoms. The zero-order valence-corrected chi connectivity index (χ0v) is 18.8. The van der Waals surface area contributed by atoms with Gasteiger partial charge in [-0.05, 0) is 48.6 Å². The Morgan fingerprint density at radius 2 is 2.00 bits per heavy atom. The molecule has 0 unspecified atom stereocenters. The van der Waals surface area contributed by atoms with Gasteiger partial charge in [0.15, 0.2) is 5.82 Å². The number of aryl methyl sites for hydroxylation is 2. The van der Waals surface area contributed by atoms with Crippen LogP contribution < -0.4 is 10.1 Å². The Bertz CT molecular complexity index is 1220. The van der Waals surface area contributed by atoms with Gasteiger partial charge in [-0.25, -0.2) is 0 Å². The van der Waals surface area contributed by atoms with E-state index in [9.17, 15) is 4.79 Å². The number of amides is 1. The molecule has 0 fully saturated rings. The van der Waals surface area contributed by atoms with E-state index in [0.717, 1.165) is 22.4 Å². The molecule has 0 atom stereocenters. The zero-order chi connectivity index (χ0) is 21.8. The van der Waals surface area contributed by atoms with Gasteiger partial charge in [0.1, 0.15) is 12.4 Å². The van der Waals surface area contributed by atoms with Crippen molar-refractivity contribution < 1.29 is 9.53 Å². The highest BCUT2D eigenvalue weighted by Gasteiger charge is 2.12. The number of rotatable bonds is 7. The number of nitrogens with zero attached hydrogens (tertiary/aromatic N) is 2. The molecule has 4 rings (SSSR count). The summed E-state index contributed by atoms with van der Waals surface area (Å²) in [5, 5.41) is 9.90. The third-order valence-corrected chi connectivity index (χ3v) is 6.12. The van der Waals surface area contributed by atoms with Gasteiger partial charge < -0.3 is 10.1 Å². The predicted molar refractivity (Wildman–Crippen MR) is 125 cm³/mol. The SMILES string of the molecule is Cc1ccc(OCc2csc(C(=O)Nc3ccn(Cc4ccccc4Cl)n3)c2)c(C)c1. The predicted octanol–water partition coefficient (Wildman–Crippen LogP) is 6.09. The molecule has 0 aliphatic rings. The van der Waals surface area contributed by atoms with Gasteiger partial charge in [-0.2, -0.15) is 5.10 Å². The number of hydrogen-bond donors (Lipinski definition) is 1. The molecule has 2 heterocycles. The summed E-state index contributed by atoms with van der Waals surface area (Å²) in [6.45, 7) is 5.04. The second-order valence-electron chi connectivity index (χ2n) is 7.32. The normalized spacial score (nSPS) is 10.8. The number of hydrogen-bond acceptors (Lipinski definition) is 4. The first-order valence-corrected chi connectivity index (χ1v) is 11.1. The van der Waals surface area contributed by atoms with Crippen LogP contribution >= 0.6 is 22.9 Å². The van der Waals surface area contributed by atoms with Crippen molar-refractivity contribution in [3.63, 3.8) is 0 Å². The average Bonchev–Trinajstić information content (AvgIpc) is 3.39.